The molecule has 0 aliphatic heterocycles. The van der Waals surface area contributed by atoms with E-state index in [0.717, 1.165) is 74.0 Å². The normalized spacial score (nSPS) is 21.1. The number of carbonyl (C=O) groups excluding carboxylic acids is 1. The van der Waals surface area contributed by atoms with Gasteiger partial charge in [-0.25, -0.2) is 0 Å². The van der Waals surface area contributed by atoms with E-state index < -0.39 is 6.04 Å². The van der Waals surface area contributed by atoms with Crippen LogP contribution < -0.4 is 27.4 Å². The van der Waals surface area contributed by atoms with Crippen LogP contribution in [-0.4, -0.2) is 36.1 Å². The van der Waals surface area contributed by atoms with Crippen molar-refractivity contribution in [3.63, 3.8) is 0 Å². The number of benzene rings is 2. The second kappa shape index (κ2) is 15.6. The Morgan fingerprint density at radius 2 is 1.52 bits per heavy atom. The number of carbonyl (C=O) groups is 1. The molecule has 3 rings (SSSR count). The highest BCUT2D eigenvalue weighted by Crippen LogP contribution is 2.37. The van der Waals surface area contributed by atoms with Gasteiger partial charge in [0.25, 0.3) is 0 Å². The molecule has 6 heteroatoms. The van der Waals surface area contributed by atoms with Crippen molar-refractivity contribution in [3.8, 4) is 0 Å². The zero-order chi connectivity index (χ0) is 29.0. The Bertz CT molecular complexity index is 1060. The van der Waals surface area contributed by atoms with E-state index in [2.05, 4.69) is 55.1 Å². The predicted octanol–water partition coefficient (Wildman–Crippen LogP) is 4.96. The Morgan fingerprint density at radius 3 is 2.10 bits per heavy atom. The summed E-state index contributed by atoms with van der Waals surface area (Å²) in [7, 11) is 0. The molecule has 7 N–H and O–H groups in total. The highest BCUT2D eigenvalue weighted by molar-refractivity contribution is 5.82. The summed E-state index contributed by atoms with van der Waals surface area (Å²) in [6.45, 7) is 14.3. The summed E-state index contributed by atoms with van der Waals surface area (Å²) in [6.07, 6.45) is 8.44. The monoisotopic (exact) mass is 545 g/mol. The molecule has 2 aromatic rings. The topological polar surface area (TPSA) is 105 Å². The van der Waals surface area contributed by atoms with E-state index in [1.54, 1.807) is 0 Å². The summed E-state index contributed by atoms with van der Waals surface area (Å²) in [4.78, 5) is 13.3. The lowest BCUT2D eigenvalue weighted by atomic mass is 9.74. The summed E-state index contributed by atoms with van der Waals surface area (Å²) in [5.74, 6) is 0.498. The molecule has 0 spiro atoms. The molecule has 40 heavy (non-hydrogen) atoms. The summed E-state index contributed by atoms with van der Waals surface area (Å²) in [5, 5.41) is 10.7. The van der Waals surface area contributed by atoms with Crippen LogP contribution in [0.5, 0.6) is 0 Å². The highest BCUT2D eigenvalue weighted by atomic mass is 16.2. The average Bonchev–Trinajstić information content (AvgIpc) is 2.95. The van der Waals surface area contributed by atoms with Crippen LogP contribution in [0.1, 0.15) is 69.9 Å². The fourth-order valence-corrected chi connectivity index (χ4v) is 5.60. The molecule has 6 nitrogen and oxygen atoms in total. The molecule has 1 saturated carbocycles. The molecule has 0 saturated heterocycles. The van der Waals surface area contributed by atoms with E-state index in [9.17, 15) is 4.79 Å². The third kappa shape index (κ3) is 9.53. The van der Waals surface area contributed by atoms with E-state index in [1.165, 1.54) is 0 Å². The Labute approximate surface area is 242 Å². The van der Waals surface area contributed by atoms with Gasteiger partial charge in [0.2, 0.25) is 5.91 Å². The van der Waals surface area contributed by atoms with Crippen molar-refractivity contribution in [2.24, 2.45) is 17.4 Å². The first-order chi connectivity index (χ1) is 19.2. The van der Waals surface area contributed by atoms with Crippen LogP contribution in [0.15, 0.2) is 85.2 Å². The molecule has 1 fully saturated rings. The smallest absolute Gasteiger partial charge is 0.237 e. The summed E-state index contributed by atoms with van der Waals surface area (Å²) < 4.78 is 0. The largest absolute Gasteiger partial charge is 0.384 e. The van der Waals surface area contributed by atoms with E-state index >= 15 is 0 Å². The molecule has 0 bridgehead atoms. The molecular formula is C34H51N5O. The van der Waals surface area contributed by atoms with E-state index in [0.29, 0.717) is 24.8 Å². The molecule has 3 unspecified atom stereocenters. The third-order valence-corrected chi connectivity index (χ3v) is 8.27. The van der Waals surface area contributed by atoms with Crippen molar-refractivity contribution in [1.82, 2.24) is 16.0 Å². The van der Waals surface area contributed by atoms with Gasteiger partial charge < -0.3 is 27.4 Å². The Kier molecular flexibility index (Phi) is 12.3. The number of unbranched alkanes of at least 4 members (excludes halogenated alkanes) is 1. The van der Waals surface area contributed by atoms with Gasteiger partial charge in [0, 0.05) is 17.4 Å². The molecular weight excluding hydrogens is 494 g/mol. The fraction of sp³-hybridized carbons (Fsp3) is 0.500. The number of hydrogen-bond donors (Lipinski definition) is 5. The SMILES string of the molecule is C=C(NC1(C(=C)NC(C)CCCCN)CCC(C)CC1)C(Cc1ccccc1)NC(=O)C(N)Cc1ccccc1. The molecule has 0 radical (unpaired) electrons. The number of amides is 1. The summed E-state index contributed by atoms with van der Waals surface area (Å²) in [6, 6.07) is 19.4. The van der Waals surface area contributed by atoms with Gasteiger partial charge in [0.05, 0.1) is 17.6 Å². The van der Waals surface area contributed by atoms with Gasteiger partial charge in [0.1, 0.15) is 0 Å². The van der Waals surface area contributed by atoms with Gasteiger partial charge in [0.15, 0.2) is 0 Å². The lowest BCUT2D eigenvalue weighted by Gasteiger charge is -2.45. The van der Waals surface area contributed by atoms with Crippen molar-refractivity contribution in [3.05, 3.63) is 96.3 Å². The van der Waals surface area contributed by atoms with Gasteiger partial charge in [-0.05, 0) is 81.9 Å². The van der Waals surface area contributed by atoms with E-state index in [-0.39, 0.29) is 17.5 Å². The molecule has 1 aliphatic rings. The number of hydrogen-bond acceptors (Lipinski definition) is 5. The molecule has 3 atom stereocenters. The summed E-state index contributed by atoms with van der Waals surface area (Å²) >= 11 is 0. The van der Waals surface area contributed by atoms with Crippen LogP contribution in [-0.2, 0) is 17.6 Å². The van der Waals surface area contributed by atoms with Crippen LogP contribution >= 0.6 is 0 Å². The van der Waals surface area contributed by atoms with Crippen LogP contribution in [0.4, 0.5) is 0 Å². The molecule has 0 aromatic heterocycles. The van der Waals surface area contributed by atoms with Gasteiger partial charge in [-0.1, -0.05) is 87.2 Å². The van der Waals surface area contributed by atoms with Crippen LogP contribution in [0.2, 0.25) is 0 Å². The van der Waals surface area contributed by atoms with Crippen molar-refractivity contribution >= 4 is 5.91 Å². The lowest BCUT2D eigenvalue weighted by Crippen LogP contribution is -2.57. The van der Waals surface area contributed by atoms with Crippen LogP contribution in [0.25, 0.3) is 0 Å². The van der Waals surface area contributed by atoms with Crippen molar-refractivity contribution in [2.75, 3.05) is 6.54 Å². The van der Waals surface area contributed by atoms with E-state index in [4.69, 9.17) is 11.5 Å². The maximum absolute atomic E-state index is 13.3. The minimum Gasteiger partial charge on any atom is -0.384 e. The van der Waals surface area contributed by atoms with Crippen molar-refractivity contribution in [2.45, 2.75) is 95.3 Å². The standard InChI is InChI=1S/C34H51N5O/c1-25-18-20-34(21-19-25,28(4)37-26(2)13-11-12-22-35)39-27(3)32(24-30-16-9-6-10-17-30)38-33(40)31(36)23-29-14-7-5-8-15-29/h5-10,14-17,25-26,31-32,37,39H,3-4,11-13,18-24,35-36H2,1-2H3,(H,38,40). The van der Waals surface area contributed by atoms with Crippen molar-refractivity contribution in [1.29, 1.82) is 0 Å². The molecule has 218 valence electrons. The van der Waals surface area contributed by atoms with E-state index in [1.807, 2.05) is 48.5 Å². The first kappa shape index (κ1) is 31.4. The van der Waals surface area contributed by atoms with Crippen LogP contribution in [0, 0.1) is 5.92 Å². The minimum absolute atomic E-state index is 0.176. The third-order valence-electron chi connectivity index (χ3n) is 8.27. The second-order valence-electron chi connectivity index (χ2n) is 11.8. The Hall–Kier alpha value is -3.09. The quantitative estimate of drug-likeness (QED) is 0.192. The maximum atomic E-state index is 13.3. The Morgan fingerprint density at radius 1 is 0.950 bits per heavy atom. The van der Waals surface area contributed by atoms with Gasteiger partial charge >= 0.3 is 0 Å². The molecule has 0 heterocycles. The Balaban J connectivity index is 1.76. The maximum Gasteiger partial charge on any atom is 0.237 e. The zero-order valence-corrected chi connectivity index (χ0v) is 24.6. The summed E-state index contributed by atoms with van der Waals surface area (Å²) in [5.41, 5.74) is 15.7. The number of rotatable bonds is 16. The lowest BCUT2D eigenvalue weighted by molar-refractivity contribution is -0.122. The van der Waals surface area contributed by atoms with Gasteiger partial charge in [-0.3, -0.25) is 4.79 Å². The highest BCUT2D eigenvalue weighted by Gasteiger charge is 2.38. The van der Waals surface area contributed by atoms with Crippen molar-refractivity contribution < 1.29 is 4.79 Å². The number of nitrogens with one attached hydrogen (secondary N) is 3. The fourth-order valence-electron chi connectivity index (χ4n) is 5.60. The first-order valence-electron chi connectivity index (χ1n) is 15.0. The minimum atomic E-state index is -0.649. The van der Waals surface area contributed by atoms with Gasteiger partial charge in [-0.15, -0.1) is 0 Å². The molecule has 2 aromatic carbocycles. The average molecular weight is 546 g/mol. The second-order valence-corrected chi connectivity index (χ2v) is 11.8. The van der Waals surface area contributed by atoms with Gasteiger partial charge in [-0.2, -0.15) is 0 Å². The first-order valence-corrected chi connectivity index (χ1v) is 15.0. The van der Waals surface area contributed by atoms with Crippen LogP contribution in [0.3, 0.4) is 0 Å². The zero-order valence-electron chi connectivity index (χ0n) is 24.6. The molecule has 1 amide bonds. The number of nitrogens with two attached hydrogens (primary N) is 2. The predicted molar refractivity (Wildman–Crippen MR) is 167 cm³/mol. The molecule has 1 aliphatic carbocycles.